The molecule has 3 heteroatoms. The molecule has 1 heterocycles. The predicted molar refractivity (Wildman–Crippen MR) is 79.4 cm³/mol. The average molecular weight is 307 g/mol. The molecule has 1 aromatic carbocycles. The van der Waals surface area contributed by atoms with Crippen LogP contribution in [0.2, 0.25) is 0 Å². The van der Waals surface area contributed by atoms with Gasteiger partial charge in [0.1, 0.15) is 0 Å². The minimum Gasteiger partial charge on any atom is -0.357 e. The number of aromatic nitrogens is 1. The smallest absolute Gasteiger partial charge is 0.0331 e. The molecule has 0 aliphatic heterocycles. The fourth-order valence-corrected chi connectivity index (χ4v) is 2.70. The second-order valence-electron chi connectivity index (χ2n) is 4.55. The van der Waals surface area contributed by atoms with E-state index in [-0.39, 0.29) is 0 Å². The Hall–Kier alpha value is -1.06. The topological polar surface area (TPSA) is 17.0 Å². The van der Waals surface area contributed by atoms with Crippen molar-refractivity contribution in [2.45, 2.75) is 25.9 Å². The van der Waals surface area contributed by atoms with Crippen molar-refractivity contribution in [2.75, 3.05) is 0 Å². The van der Waals surface area contributed by atoms with E-state index in [0.717, 1.165) is 13.0 Å². The van der Waals surface area contributed by atoms with Gasteiger partial charge >= 0.3 is 0 Å². The molecular weight excluding hydrogens is 288 g/mol. The predicted octanol–water partition coefficient (Wildman–Crippen LogP) is 4.03. The molecule has 0 saturated heterocycles. The Morgan fingerprint density at radius 2 is 2.06 bits per heavy atom. The number of aryl methyl sites for hydroxylation is 1. The van der Waals surface area contributed by atoms with E-state index in [9.17, 15) is 0 Å². The van der Waals surface area contributed by atoms with Gasteiger partial charge in [0.2, 0.25) is 0 Å². The van der Waals surface area contributed by atoms with E-state index in [1.165, 1.54) is 15.6 Å². The van der Waals surface area contributed by atoms with Crippen LogP contribution in [0.4, 0.5) is 0 Å². The third kappa shape index (κ3) is 3.24. The fourth-order valence-electron chi connectivity index (χ4n) is 2.14. The van der Waals surface area contributed by atoms with E-state index in [1.54, 1.807) is 0 Å². The maximum atomic E-state index is 3.62. The summed E-state index contributed by atoms with van der Waals surface area (Å²) in [5.41, 5.74) is 2.65. The van der Waals surface area contributed by atoms with Crippen LogP contribution < -0.4 is 5.32 Å². The molecule has 1 aromatic heterocycles. The third-order valence-corrected chi connectivity index (χ3v) is 3.86. The molecule has 0 unspecified atom stereocenters. The van der Waals surface area contributed by atoms with E-state index in [4.69, 9.17) is 0 Å². The Morgan fingerprint density at radius 1 is 1.28 bits per heavy atom. The number of halogens is 1. The standard InChI is InChI=1S/C15H19BrN2/c1-3-15(13-6-4-5-7-14(13)16)17-10-12-8-9-18(2)11-12/h4-9,11,15,17H,3,10H2,1-2H3/t15-/m1/s1. The molecule has 0 radical (unpaired) electrons. The number of nitrogens with one attached hydrogen (secondary N) is 1. The summed E-state index contributed by atoms with van der Waals surface area (Å²) in [5.74, 6) is 0. The average Bonchev–Trinajstić information content (AvgIpc) is 2.78. The highest BCUT2D eigenvalue weighted by Crippen LogP contribution is 2.25. The summed E-state index contributed by atoms with van der Waals surface area (Å²) in [6, 6.07) is 11.0. The summed E-state index contributed by atoms with van der Waals surface area (Å²) in [7, 11) is 2.05. The first kappa shape index (κ1) is 13.4. The monoisotopic (exact) mass is 306 g/mol. The fraction of sp³-hybridized carbons (Fsp3) is 0.333. The molecular formula is C15H19BrN2. The van der Waals surface area contributed by atoms with Crippen LogP contribution in [0.3, 0.4) is 0 Å². The van der Waals surface area contributed by atoms with Gasteiger partial charge in [0.15, 0.2) is 0 Å². The molecule has 0 saturated carbocycles. The van der Waals surface area contributed by atoms with Crippen LogP contribution in [0.25, 0.3) is 0 Å². The summed E-state index contributed by atoms with van der Waals surface area (Å²) < 4.78 is 3.26. The molecule has 96 valence electrons. The van der Waals surface area contributed by atoms with Crippen molar-refractivity contribution in [3.63, 3.8) is 0 Å². The lowest BCUT2D eigenvalue weighted by atomic mass is 10.0. The zero-order chi connectivity index (χ0) is 13.0. The second kappa shape index (κ2) is 6.21. The summed E-state index contributed by atoms with van der Waals surface area (Å²) in [5, 5.41) is 3.61. The van der Waals surface area contributed by atoms with Crippen LogP contribution in [0.15, 0.2) is 47.2 Å². The van der Waals surface area contributed by atoms with E-state index in [2.05, 4.69) is 82.5 Å². The van der Waals surface area contributed by atoms with Gasteiger partial charge in [-0.05, 0) is 29.7 Å². The first-order valence-electron chi connectivity index (χ1n) is 6.29. The normalized spacial score (nSPS) is 12.6. The van der Waals surface area contributed by atoms with Crippen molar-refractivity contribution in [1.29, 1.82) is 0 Å². The number of hydrogen-bond donors (Lipinski definition) is 1. The van der Waals surface area contributed by atoms with Crippen LogP contribution in [-0.2, 0) is 13.6 Å². The second-order valence-corrected chi connectivity index (χ2v) is 5.40. The molecule has 0 spiro atoms. The van der Waals surface area contributed by atoms with Gasteiger partial charge in [0.25, 0.3) is 0 Å². The Kier molecular flexibility index (Phi) is 4.61. The van der Waals surface area contributed by atoms with Crippen molar-refractivity contribution >= 4 is 15.9 Å². The molecule has 1 atom stereocenters. The summed E-state index contributed by atoms with van der Waals surface area (Å²) in [6.45, 7) is 3.11. The van der Waals surface area contributed by atoms with Crippen molar-refractivity contribution in [3.05, 3.63) is 58.3 Å². The minimum absolute atomic E-state index is 0.390. The van der Waals surface area contributed by atoms with Gasteiger partial charge in [-0.15, -0.1) is 0 Å². The number of hydrogen-bond acceptors (Lipinski definition) is 1. The zero-order valence-corrected chi connectivity index (χ0v) is 12.4. The van der Waals surface area contributed by atoms with Crippen LogP contribution >= 0.6 is 15.9 Å². The van der Waals surface area contributed by atoms with Gasteiger partial charge in [-0.2, -0.15) is 0 Å². The number of rotatable bonds is 5. The van der Waals surface area contributed by atoms with E-state index in [0.29, 0.717) is 6.04 Å². The van der Waals surface area contributed by atoms with Gasteiger partial charge in [-0.1, -0.05) is 41.1 Å². The van der Waals surface area contributed by atoms with Gasteiger partial charge < -0.3 is 9.88 Å². The Labute approximate surface area is 117 Å². The number of nitrogens with zero attached hydrogens (tertiary/aromatic N) is 1. The molecule has 0 fully saturated rings. The van der Waals surface area contributed by atoms with Gasteiger partial charge in [-0.25, -0.2) is 0 Å². The highest BCUT2D eigenvalue weighted by molar-refractivity contribution is 9.10. The van der Waals surface area contributed by atoms with Gasteiger partial charge in [0, 0.05) is 36.5 Å². The van der Waals surface area contributed by atoms with Gasteiger partial charge in [-0.3, -0.25) is 0 Å². The first-order chi connectivity index (χ1) is 8.70. The molecule has 1 N–H and O–H groups in total. The molecule has 0 aliphatic carbocycles. The molecule has 0 amide bonds. The Morgan fingerprint density at radius 3 is 2.67 bits per heavy atom. The van der Waals surface area contributed by atoms with Crippen molar-refractivity contribution in [2.24, 2.45) is 7.05 Å². The zero-order valence-electron chi connectivity index (χ0n) is 10.9. The van der Waals surface area contributed by atoms with Crippen LogP contribution in [-0.4, -0.2) is 4.57 Å². The molecule has 2 rings (SSSR count). The highest BCUT2D eigenvalue weighted by atomic mass is 79.9. The van der Waals surface area contributed by atoms with E-state index in [1.807, 2.05) is 0 Å². The molecule has 0 aliphatic rings. The summed E-state index contributed by atoms with van der Waals surface area (Å²) in [4.78, 5) is 0. The van der Waals surface area contributed by atoms with Crippen molar-refractivity contribution in [3.8, 4) is 0 Å². The first-order valence-corrected chi connectivity index (χ1v) is 7.08. The lowest BCUT2D eigenvalue weighted by Crippen LogP contribution is -2.20. The summed E-state index contributed by atoms with van der Waals surface area (Å²) >= 11 is 3.62. The van der Waals surface area contributed by atoms with Crippen molar-refractivity contribution in [1.82, 2.24) is 9.88 Å². The quantitative estimate of drug-likeness (QED) is 0.882. The lowest BCUT2D eigenvalue weighted by Gasteiger charge is -2.18. The van der Waals surface area contributed by atoms with Gasteiger partial charge in [0.05, 0.1) is 0 Å². The summed E-state index contributed by atoms with van der Waals surface area (Å²) in [6.07, 6.45) is 5.31. The molecule has 18 heavy (non-hydrogen) atoms. The van der Waals surface area contributed by atoms with Crippen LogP contribution in [0.1, 0.15) is 30.5 Å². The minimum atomic E-state index is 0.390. The van der Waals surface area contributed by atoms with Crippen LogP contribution in [0, 0.1) is 0 Å². The molecule has 0 bridgehead atoms. The highest BCUT2D eigenvalue weighted by Gasteiger charge is 2.11. The Balaban J connectivity index is 2.04. The third-order valence-electron chi connectivity index (χ3n) is 3.13. The van der Waals surface area contributed by atoms with E-state index < -0.39 is 0 Å². The van der Waals surface area contributed by atoms with E-state index >= 15 is 0 Å². The largest absolute Gasteiger partial charge is 0.357 e. The molecule has 2 nitrogen and oxygen atoms in total. The maximum Gasteiger partial charge on any atom is 0.0331 e. The Bertz CT molecular complexity index is 505. The van der Waals surface area contributed by atoms with Crippen molar-refractivity contribution < 1.29 is 0 Å². The molecule has 2 aromatic rings. The lowest BCUT2D eigenvalue weighted by molar-refractivity contribution is 0.517. The SMILES string of the molecule is CC[C@@H](NCc1ccn(C)c1)c1ccccc1Br. The van der Waals surface area contributed by atoms with Crippen LogP contribution in [0.5, 0.6) is 0 Å². The maximum absolute atomic E-state index is 3.62. The number of benzene rings is 1.